The third-order valence-corrected chi connectivity index (χ3v) is 7.12. The highest BCUT2D eigenvalue weighted by Gasteiger charge is 2.06. The predicted octanol–water partition coefficient (Wildman–Crippen LogP) is 9.40. The normalized spacial score (nSPS) is 10.5. The smallest absolute Gasteiger partial charge is 0.141 e. The number of hydrogen-bond acceptors (Lipinski definition) is 4. The zero-order chi connectivity index (χ0) is 28.9. The van der Waals surface area contributed by atoms with Crippen molar-refractivity contribution in [1.82, 2.24) is 0 Å². The molecule has 0 heterocycles. The third kappa shape index (κ3) is 8.69. The molecule has 0 unspecified atom stereocenters. The fourth-order valence-electron chi connectivity index (χ4n) is 4.78. The van der Waals surface area contributed by atoms with Crippen molar-refractivity contribution in [3.8, 4) is 45.9 Å². The minimum Gasteiger partial charge on any atom is -0.494 e. The summed E-state index contributed by atoms with van der Waals surface area (Å²) in [6.45, 7) is 3.44. The Bertz CT molecular complexity index is 1500. The van der Waals surface area contributed by atoms with Crippen LogP contribution < -0.4 is 9.47 Å². The van der Waals surface area contributed by atoms with Crippen LogP contribution in [0.4, 0.5) is 4.39 Å². The lowest BCUT2D eigenvalue weighted by Gasteiger charge is -2.09. The van der Waals surface area contributed by atoms with Gasteiger partial charge < -0.3 is 9.47 Å². The molecule has 0 aliphatic carbocycles. The highest BCUT2D eigenvalue weighted by molar-refractivity contribution is 5.69. The minimum atomic E-state index is -0.503. The van der Waals surface area contributed by atoms with Crippen LogP contribution in [0.1, 0.15) is 61.6 Å². The number of nitriles is 2. The van der Waals surface area contributed by atoms with Gasteiger partial charge in [-0.15, -0.1) is 0 Å². The van der Waals surface area contributed by atoms with Gasteiger partial charge in [0.05, 0.1) is 30.4 Å². The number of unbranched alkanes of at least 4 members (excludes halogenated alkanes) is 6. The molecule has 4 aromatic rings. The first-order chi connectivity index (χ1) is 20.1. The van der Waals surface area contributed by atoms with Gasteiger partial charge >= 0.3 is 0 Å². The summed E-state index contributed by atoms with van der Waals surface area (Å²) in [6, 6.07) is 30.2. The van der Waals surface area contributed by atoms with E-state index in [4.69, 9.17) is 20.0 Å². The summed E-state index contributed by atoms with van der Waals surface area (Å²) in [7, 11) is 0. The van der Waals surface area contributed by atoms with Crippen molar-refractivity contribution in [2.75, 3.05) is 13.2 Å². The molecule has 0 atom stereocenters. The molecule has 0 saturated carbocycles. The average molecular weight is 547 g/mol. The van der Waals surface area contributed by atoms with Crippen LogP contribution in [0.25, 0.3) is 22.3 Å². The van der Waals surface area contributed by atoms with Gasteiger partial charge in [-0.1, -0.05) is 68.5 Å². The summed E-state index contributed by atoms with van der Waals surface area (Å²) in [4.78, 5) is 0. The molecular weight excluding hydrogens is 511 g/mol. The average Bonchev–Trinajstić information content (AvgIpc) is 3.00. The van der Waals surface area contributed by atoms with E-state index >= 15 is 0 Å². The van der Waals surface area contributed by atoms with Crippen LogP contribution in [0.5, 0.6) is 11.5 Å². The molecule has 0 fully saturated rings. The topological polar surface area (TPSA) is 66.0 Å². The second kappa shape index (κ2) is 15.2. The van der Waals surface area contributed by atoms with Crippen molar-refractivity contribution in [2.24, 2.45) is 0 Å². The lowest BCUT2D eigenvalue weighted by atomic mass is 9.99. The SMILES string of the molecule is Cc1cc(C#N)ccc1-c1ccc(OCCCCCCCCCOc2ccc(-c3ccc(C#N)c(F)c3)cc2)cc1. The predicted molar refractivity (Wildman–Crippen MR) is 161 cm³/mol. The lowest BCUT2D eigenvalue weighted by molar-refractivity contribution is 0.300. The molecule has 0 aliphatic rings. The standard InChI is InChI=1S/C36H35FN2O2/c1-27-23-28(25-38)9-20-35(27)30-14-18-34(19-15-30)41-22-8-6-4-2-3-5-7-21-40-33-16-12-29(13-17-33)31-10-11-32(26-39)36(37)24-31/h9-20,23-24H,2-8,21-22H2,1H3. The van der Waals surface area contributed by atoms with Crippen LogP contribution in [-0.2, 0) is 0 Å². The van der Waals surface area contributed by atoms with Crippen LogP contribution in [-0.4, -0.2) is 13.2 Å². The van der Waals surface area contributed by atoms with Crippen LogP contribution >= 0.6 is 0 Å². The first kappa shape index (κ1) is 29.4. The lowest BCUT2D eigenvalue weighted by Crippen LogP contribution is -1.98. The van der Waals surface area contributed by atoms with E-state index < -0.39 is 5.82 Å². The van der Waals surface area contributed by atoms with E-state index in [1.54, 1.807) is 6.07 Å². The number of benzene rings is 4. The van der Waals surface area contributed by atoms with Crippen LogP contribution in [0, 0.1) is 35.4 Å². The van der Waals surface area contributed by atoms with Crippen molar-refractivity contribution in [3.63, 3.8) is 0 Å². The highest BCUT2D eigenvalue weighted by atomic mass is 19.1. The molecule has 0 saturated heterocycles. The largest absolute Gasteiger partial charge is 0.494 e. The van der Waals surface area contributed by atoms with Crippen molar-refractivity contribution in [1.29, 1.82) is 10.5 Å². The fourth-order valence-corrected chi connectivity index (χ4v) is 4.78. The van der Waals surface area contributed by atoms with Crippen LogP contribution in [0.3, 0.4) is 0 Å². The van der Waals surface area contributed by atoms with Crippen LogP contribution in [0.2, 0.25) is 0 Å². The molecule has 208 valence electrons. The second-order valence-corrected chi connectivity index (χ2v) is 10.2. The number of ether oxygens (including phenoxy) is 2. The molecule has 41 heavy (non-hydrogen) atoms. The summed E-state index contributed by atoms with van der Waals surface area (Å²) in [6.07, 6.45) is 7.99. The summed E-state index contributed by atoms with van der Waals surface area (Å²) < 4.78 is 25.7. The Morgan fingerprint density at radius 2 is 1.12 bits per heavy atom. The molecule has 4 rings (SSSR count). The molecule has 5 heteroatoms. The number of rotatable bonds is 14. The zero-order valence-electron chi connectivity index (χ0n) is 23.5. The van der Waals surface area contributed by atoms with E-state index in [9.17, 15) is 4.39 Å². The Morgan fingerprint density at radius 3 is 1.63 bits per heavy atom. The Morgan fingerprint density at radius 1 is 0.585 bits per heavy atom. The summed E-state index contributed by atoms with van der Waals surface area (Å²) in [5.41, 5.74) is 5.72. The molecule has 0 spiro atoms. The van der Waals surface area contributed by atoms with Gasteiger partial charge in [-0.25, -0.2) is 4.39 Å². The molecule has 0 bridgehead atoms. The summed E-state index contributed by atoms with van der Waals surface area (Å²) in [5, 5.41) is 17.9. The van der Waals surface area contributed by atoms with Gasteiger partial charge in [-0.3, -0.25) is 0 Å². The van der Waals surface area contributed by atoms with Gasteiger partial charge in [0.25, 0.3) is 0 Å². The maximum atomic E-state index is 13.9. The second-order valence-electron chi connectivity index (χ2n) is 10.2. The minimum absolute atomic E-state index is 0.0533. The van der Waals surface area contributed by atoms with Crippen molar-refractivity contribution < 1.29 is 13.9 Å². The van der Waals surface area contributed by atoms with E-state index in [0.29, 0.717) is 12.2 Å². The molecule has 0 radical (unpaired) electrons. The van der Waals surface area contributed by atoms with Gasteiger partial charge in [0.15, 0.2) is 0 Å². The summed E-state index contributed by atoms with van der Waals surface area (Å²) in [5.74, 6) is 1.19. The highest BCUT2D eigenvalue weighted by Crippen LogP contribution is 2.27. The quantitative estimate of drug-likeness (QED) is 0.148. The van der Waals surface area contributed by atoms with E-state index in [1.807, 2.05) is 67.6 Å². The van der Waals surface area contributed by atoms with E-state index in [1.165, 1.54) is 31.4 Å². The number of hydrogen-bond donors (Lipinski definition) is 0. The molecule has 0 N–H and O–H groups in total. The van der Waals surface area contributed by atoms with Crippen molar-refractivity contribution >= 4 is 0 Å². The van der Waals surface area contributed by atoms with Gasteiger partial charge in [0.1, 0.15) is 23.4 Å². The first-order valence-electron chi connectivity index (χ1n) is 14.2. The van der Waals surface area contributed by atoms with Gasteiger partial charge in [-0.05, 0) is 96.1 Å². The molecule has 0 aliphatic heterocycles. The molecule has 4 nitrogen and oxygen atoms in total. The van der Waals surface area contributed by atoms with E-state index in [2.05, 4.69) is 18.2 Å². The fraction of sp³-hybridized carbons (Fsp3) is 0.278. The van der Waals surface area contributed by atoms with Crippen LogP contribution in [0.15, 0.2) is 84.9 Å². The van der Waals surface area contributed by atoms with Gasteiger partial charge in [0.2, 0.25) is 0 Å². The number of halogens is 1. The number of nitrogens with zero attached hydrogens (tertiary/aromatic N) is 2. The maximum absolute atomic E-state index is 13.9. The molecule has 0 aromatic heterocycles. The Balaban J connectivity index is 1.03. The Labute approximate surface area is 242 Å². The molecule has 4 aromatic carbocycles. The van der Waals surface area contributed by atoms with Gasteiger partial charge in [0, 0.05) is 0 Å². The van der Waals surface area contributed by atoms with Crippen molar-refractivity contribution in [3.05, 3.63) is 107 Å². The van der Waals surface area contributed by atoms with Crippen molar-refractivity contribution in [2.45, 2.75) is 51.9 Å². The van der Waals surface area contributed by atoms with Gasteiger partial charge in [-0.2, -0.15) is 10.5 Å². The Kier molecular flexibility index (Phi) is 10.9. The molecular formula is C36H35FN2O2. The number of aryl methyl sites for hydroxylation is 1. The first-order valence-corrected chi connectivity index (χ1v) is 14.2. The zero-order valence-corrected chi connectivity index (χ0v) is 23.5. The van der Waals surface area contributed by atoms with E-state index in [-0.39, 0.29) is 5.56 Å². The monoisotopic (exact) mass is 546 g/mol. The molecule has 0 amide bonds. The van der Waals surface area contributed by atoms with E-state index in [0.717, 1.165) is 71.6 Å². The summed E-state index contributed by atoms with van der Waals surface area (Å²) >= 11 is 0. The third-order valence-electron chi connectivity index (χ3n) is 7.12. The Hall–Kier alpha value is -4.61. The maximum Gasteiger partial charge on any atom is 0.141 e.